The molecule has 1 saturated heterocycles. The van der Waals surface area contributed by atoms with Gasteiger partial charge >= 0.3 is 5.97 Å². The average molecular weight is 426 g/mol. The zero-order valence-electron chi connectivity index (χ0n) is 19.2. The van der Waals surface area contributed by atoms with Crippen LogP contribution in [0.15, 0.2) is 24.3 Å². The molecular formula is C26H35NO4. The lowest BCUT2D eigenvalue weighted by molar-refractivity contribution is -0.152. The van der Waals surface area contributed by atoms with Crippen LogP contribution < -0.4 is 0 Å². The minimum Gasteiger partial charge on any atom is -0.479 e. The topological polar surface area (TPSA) is 77.8 Å². The van der Waals surface area contributed by atoms with Crippen LogP contribution in [0, 0.1) is 23.2 Å². The second kappa shape index (κ2) is 8.67. The lowest BCUT2D eigenvalue weighted by atomic mass is 9.61. The molecule has 0 radical (unpaired) electrons. The molecule has 3 unspecified atom stereocenters. The molecule has 2 N–H and O–H groups in total. The zero-order valence-corrected chi connectivity index (χ0v) is 19.2. The summed E-state index contributed by atoms with van der Waals surface area (Å²) in [7, 11) is 0. The van der Waals surface area contributed by atoms with Crippen molar-refractivity contribution in [1.82, 2.24) is 4.90 Å². The van der Waals surface area contributed by atoms with Gasteiger partial charge in [0.1, 0.15) is 11.1 Å². The number of carboxylic acid groups (broad SMARTS) is 1. The largest absolute Gasteiger partial charge is 0.479 e. The number of carboxylic acids is 1. The normalized spacial score (nSPS) is 30.2. The maximum atomic E-state index is 13.6. The van der Waals surface area contributed by atoms with Crippen LogP contribution in [0.5, 0.6) is 0 Å². The number of hydrogen-bond donors (Lipinski definition) is 2. The van der Waals surface area contributed by atoms with Gasteiger partial charge in [0.15, 0.2) is 0 Å². The maximum Gasteiger partial charge on any atom is 0.329 e. The van der Waals surface area contributed by atoms with Gasteiger partial charge in [-0.25, -0.2) is 4.79 Å². The smallest absolute Gasteiger partial charge is 0.329 e. The predicted molar refractivity (Wildman–Crippen MR) is 121 cm³/mol. The number of hydrogen-bond acceptors (Lipinski definition) is 3. The lowest BCUT2D eigenvalue weighted by Gasteiger charge is -2.47. The van der Waals surface area contributed by atoms with Crippen LogP contribution in [0.3, 0.4) is 0 Å². The quantitative estimate of drug-likeness (QED) is 0.700. The van der Waals surface area contributed by atoms with Crippen molar-refractivity contribution in [2.24, 2.45) is 11.3 Å². The summed E-state index contributed by atoms with van der Waals surface area (Å²) in [6.07, 6.45) is 5.30. The second-order valence-electron chi connectivity index (χ2n) is 9.84. The summed E-state index contributed by atoms with van der Waals surface area (Å²) in [5.74, 6) is 5.03. The maximum absolute atomic E-state index is 13.6. The third-order valence-electron chi connectivity index (χ3n) is 7.70. The van der Waals surface area contributed by atoms with Gasteiger partial charge in [-0.15, -0.1) is 0 Å². The van der Waals surface area contributed by atoms with E-state index >= 15 is 0 Å². The molecule has 0 spiro atoms. The Morgan fingerprint density at radius 1 is 1.16 bits per heavy atom. The monoisotopic (exact) mass is 425 g/mol. The predicted octanol–water partition coefficient (Wildman–Crippen LogP) is 4.47. The Bertz CT molecular complexity index is 911. The number of carbonyl (C=O) groups excluding carboxylic acids is 1. The first-order chi connectivity index (χ1) is 14.6. The van der Waals surface area contributed by atoms with Crippen molar-refractivity contribution in [2.75, 3.05) is 6.54 Å². The Balaban J connectivity index is 2.01. The van der Waals surface area contributed by atoms with Gasteiger partial charge in [0.05, 0.1) is 5.56 Å². The summed E-state index contributed by atoms with van der Waals surface area (Å²) in [5.41, 5.74) is -1.71. The molecule has 1 aromatic carbocycles. The minimum atomic E-state index is -1.17. The standard InChI is InChI=1S/C26H35NO4/c1-5-25(23(29)30)16-8-9-18-27(25)22(28)21-13-7-6-12-20(21)14-17-26(31)19(2)11-10-15-24(26,3)4/h6-7,12-13,19,31H,5,8-11,15-16,18H2,1-4H3,(H,29,30). The van der Waals surface area contributed by atoms with Crippen LogP contribution in [-0.2, 0) is 4.79 Å². The summed E-state index contributed by atoms with van der Waals surface area (Å²) < 4.78 is 0. The number of rotatable bonds is 3. The molecule has 168 valence electrons. The van der Waals surface area contributed by atoms with Gasteiger partial charge in [-0.05, 0) is 56.6 Å². The highest BCUT2D eigenvalue weighted by Gasteiger charge is 2.49. The molecule has 3 atom stereocenters. The molecule has 2 fully saturated rings. The van der Waals surface area contributed by atoms with Crippen molar-refractivity contribution in [3.05, 3.63) is 35.4 Å². The van der Waals surface area contributed by atoms with Crippen LogP contribution in [0.1, 0.15) is 88.6 Å². The molecule has 3 rings (SSSR count). The number of amides is 1. The molecule has 5 heteroatoms. The van der Waals surface area contributed by atoms with Crippen molar-refractivity contribution in [3.8, 4) is 11.8 Å². The van der Waals surface area contributed by atoms with E-state index in [2.05, 4.69) is 11.8 Å². The molecule has 0 bridgehead atoms. The highest BCUT2D eigenvalue weighted by atomic mass is 16.4. The highest BCUT2D eigenvalue weighted by molar-refractivity contribution is 6.00. The third kappa shape index (κ3) is 3.99. The van der Waals surface area contributed by atoms with Crippen LogP contribution in [-0.4, -0.2) is 44.7 Å². The zero-order chi connectivity index (χ0) is 22.9. The molecule has 2 aliphatic rings. The number of aliphatic carboxylic acids is 1. The summed E-state index contributed by atoms with van der Waals surface area (Å²) in [4.78, 5) is 27.2. The van der Waals surface area contributed by atoms with Crippen molar-refractivity contribution < 1.29 is 19.8 Å². The van der Waals surface area contributed by atoms with E-state index in [4.69, 9.17) is 0 Å². The van der Waals surface area contributed by atoms with E-state index < -0.39 is 17.1 Å². The molecule has 5 nitrogen and oxygen atoms in total. The van der Waals surface area contributed by atoms with Gasteiger partial charge in [-0.3, -0.25) is 4.79 Å². The number of piperidine rings is 1. The van der Waals surface area contributed by atoms with Gasteiger partial charge in [0.25, 0.3) is 5.91 Å². The van der Waals surface area contributed by atoms with E-state index in [1.165, 1.54) is 4.90 Å². The minimum absolute atomic E-state index is 0.0356. The van der Waals surface area contributed by atoms with Crippen molar-refractivity contribution in [2.45, 2.75) is 83.8 Å². The number of nitrogens with zero attached hydrogens (tertiary/aromatic N) is 1. The van der Waals surface area contributed by atoms with Gasteiger partial charge in [-0.1, -0.05) is 58.1 Å². The fourth-order valence-electron chi connectivity index (χ4n) is 5.37. The Labute approximate surface area is 185 Å². The first kappa shape index (κ1) is 23.3. The molecule has 1 saturated carbocycles. The van der Waals surface area contributed by atoms with Gasteiger partial charge in [0.2, 0.25) is 0 Å². The summed E-state index contributed by atoms with van der Waals surface area (Å²) in [5, 5.41) is 21.4. The summed E-state index contributed by atoms with van der Waals surface area (Å²) in [6.45, 7) is 8.38. The first-order valence-corrected chi connectivity index (χ1v) is 11.5. The van der Waals surface area contributed by atoms with Gasteiger partial charge in [0, 0.05) is 17.5 Å². The Morgan fingerprint density at radius 3 is 2.52 bits per heavy atom. The third-order valence-corrected chi connectivity index (χ3v) is 7.70. The molecule has 1 amide bonds. The van der Waals surface area contributed by atoms with E-state index in [0.29, 0.717) is 30.5 Å². The summed E-state index contributed by atoms with van der Waals surface area (Å²) in [6, 6.07) is 7.09. The van der Waals surface area contributed by atoms with Crippen LogP contribution in [0.2, 0.25) is 0 Å². The van der Waals surface area contributed by atoms with Crippen LogP contribution in [0.25, 0.3) is 0 Å². The fourth-order valence-corrected chi connectivity index (χ4v) is 5.37. The average Bonchev–Trinajstić information content (AvgIpc) is 2.75. The van der Waals surface area contributed by atoms with Crippen molar-refractivity contribution in [1.29, 1.82) is 0 Å². The van der Waals surface area contributed by atoms with E-state index in [-0.39, 0.29) is 17.2 Å². The molecule has 31 heavy (non-hydrogen) atoms. The van der Waals surface area contributed by atoms with Crippen molar-refractivity contribution >= 4 is 11.9 Å². The van der Waals surface area contributed by atoms with E-state index in [1.54, 1.807) is 18.2 Å². The highest BCUT2D eigenvalue weighted by Crippen LogP contribution is 2.46. The van der Waals surface area contributed by atoms with Gasteiger partial charge < -0.3 is 15.1 Å². The molecular weight excluding hydrogens is 390 g/mol. The number of carbonyl (C=O) groups is 2. The van der Waals surface area contributed by atoms with E-state index in [9.17, 15) is 19.8 Å². The second-order valence-corrected chi connectivity index (χ2v) is 9.84. The molecule has 1 heterocycles. The SMILES string of the molecule is CCC1(C(=O)O)CCCCN1C(=O)c1ccccc1C#CC1(O)C(C)CCCC1(C)C. The van der Waals surface area contributed by atoms with Crippen molar-refractivity contribution in [3.63, 3.8) is 0 Å². The molecule has 1 aliphatic carbocycles. The first-order valence-electron chi connectivity index (χ1n) is 11.5. The van der Waals surface area contributed by atoms with E-state index in [1.807, 2.05) is 33.8 Å². The Morgan fingerprint density at radius 2 is 1.87 bits per heavy atom. The van der Waals surface area contributed by atoms with Crippen LogP contribution >= 0.6 is 0 Å². The lowest BCUT2D eigenvalue weighted by Crippen LogP contribution is -2.59. The Kier molecular flexibility index (Phi) is 6.53. The molecule has 1 aliphatic heterocycles. The Hall–Kier alpha value is -2.32. The fraction of sp³-hybridized carbons (Fsp3) is 0.615. The number of likely N-dealkylation sites (tertiary alicyclic amines) is 1. The molecule has 1 aromatic rings. The van der Waals surface area contributed by atoms with Crippen LogP contribution in [0.4, 0.5) is 0 Å². The number of aliphatic hydroxyl groups is 1. The summed E-state index contributed by atoms with van der Waals surface area (Å²) >= 11 is 0. The van der Waals surface area contributed by atoms with E-state index in [0.717, 1.165) is 32.1 Å². The number of benzene rings is 1. The van der Waals surface area contributed by atoms with Gasteiger partial charge in [-0.2, -0.15) is 0 Å². The molecule has 0 aromatic heterocycles.